The van der Waals surface area contributed by atoms with E-state index in [4.69, 9.17) is 8.83 Å². The van der Waals surface area contributed by atoms with Crippen LogP contribution >= 0.6 is 0 Å². The molecular formula is C17H24NO3+. The third kappa shape index (κ3) is 2.78. The first-order valence-electron chi connectivity index (χ1n) is 7.76. The summed E-state index contributed by atoms with van der Waals surface area (Å²) in [6, 6.07) is 8.05. The molecule has 21 heavy (non-hydrogen) atoms. The molecule has 0 saturated carbocycles. The molecule has 4 heteroatoms. The number of rotatable bonds is 4. The van der Waals surface area contributed by atoms with Crippen LogP contribution in [-0.2, 0) is 0 Å². The lowest BCUT2D eigenvalue weighted by Gasteiger charge is -2.43. The monoisotopic (exact) mass is 290 g/mol. The minimum Gasteiger partial charge on any atom is -0.463 e. The Morgan fingerprint density at radius 2 is 1.90 bits per heavy atom. The molecule has 1 fully saturated rings. The fourth-order valence-corrected chi connectivity index (χ4v) is 3.71. The van der Waals surface area contributed by atoms with Gasteiger partial charge >= 0.3 is 0 Å². The highest BCUT2D eigenvalue weighted by atomic mass is 16.3. The maximum Gasteiger partial charge on any atom is 0.161 e. The lowest BCUT2D eigenvalue weighted by Crippen LogP contribution is -2.91. The summed E-state index contributed by atoms with van der Waals surface area (Å²) in [6.07, 6.45) is 6.13. The van der Waals surface area contributed by atoms with Gasteiger partial charge in [0, 0.05) is 12.3 Å². The summed E-state index contributed by atoms with van der Waals surface area (Å²) in [5, 5.41) is 13.3. The summed E-state index contributed by atoms with van der Waals surface area (Å²) in [6.45, 7) is 4.11. The van der Waals surface area contributed by atoms with Gasteiger partial charge in [-0.25, -0.2) is 0 Å². The van der Waals surface area contributed by atoms with Crippen LogP contribution in [0.15, 0.2) is 45.6 Å². The molecule has 0 bridgehead atoms. The van der Waals surface area contributed by atoms with Gasteiger partial charge in [0.1, 0.15) is 6.04 Å². The summed E-state index contributed by atoms with van der Waals surface area (Å²) in [5.74, 6) is 2.03. The van der Waals surface area contributed by atoms with E-state index in [0.717, 1.165) is 24.4 Å². The molecule has 2 aromatic heterocycles. The zero-order chi connectivity index (χ0) is 14.9. The maximum absolute atomic E-state index is 11.0. The zero-order valence-corrected chi connectivity index (χ0v) is 12.7. The molecule has 3 rings (SSSR count). The average molecular weight is 290 g/mol. The van der Waals surface area contributed by atoms with E-state index in [1.165, 1.54) is 0 Å². The fraction of sp³-hybridized carbons (Fsp3) is 0.529. The quantitative estimate of drug-likeness (QED) is 0.910. The van der Waals surface area contributed by atoms with E-state index in [0.29, 0.717) is 6.42 Å². The molecule has 0 amide bonds. The lowest BCUT2D eigenvalue weighted by molar-refractivity contribution is -0.760. The van der Waals surface area contributed by atoms with Crippen molar-refractivity contribution in [3.8, 4) is 0 Å². The molecule has 0 aromatic carbocycles. The van der Waals surface area contributed by atoms with Crippen molar-refractivity contribution in [2.75, 3.05) is 0 Å². The molecule has 2 aromatic rings. The normalized spacial score (nSPS) is 33.2. The van der Waals surface area contributed by atoms with Gasteiger partial charge in [0.2, 0.25) is 0 Å². The van der Waals surface area contributed by atoms with Crippen molar-refractivity contribution >= 4 is 0 Å². The Morgan fingerprint density at radius 1 is 1.24 bits per heavy atom. The Labute approximate surface area is 125 Å². The van der Waals surface area contributed by atoms with Gasteiger partial charge in [0.15, 0.2) is 17.6 Å². The van der Waals surface area contributed by atoms with Crippen LogP contribution in [0.2, 0.25) is 0 Å². The molecule has 0 unspecified atom stereocenters. The highest BCUT2D eigenvalue weighted by Gasteiger charge is 2.49. The van der Waals surface area contributed by atoms with Crippen LogP contribution < -0.4 is 5.32 Å². The van der Waals surface area contributed by atoms with Crippen molar-refractivity contribution in [1.29, 1.82) is 0 Å². The Morgan fingerprint density at radius 3 is 2.48 bits per heavy atom. The zero-order valence-electron chi connectivity index (χ0n) is 12.7. The number of aliphatic hydroxyl groups is 1. The van der Waals surface area contributed by atoms with Crippen molar-refractivity contribution in [3.05, 3.63) is 48.3 Å². The standard InChI is InChI=1S/C17H23NO3/c1-3-6-12-16(15-8-5-10-21-15)18-13(11-17(12,2)19)14-7-4-9-20-14/h4-5,7-10,12-13,16,18-19H,3,6,11H2,1-2H3/p+1/t12-,13+,16+,17-/m1/s1. The highest BCUT2D eigenvalue weighted by molar-refractivity contribution is 5.10. The third-order valence-electron chi connectivity index (χ3n) is 4.69. The van der Waals surface area contributed by atoms with Crippen molar-refractivity contribution in [1.82, 2.24) is 0 Å². The van der Waals surface area contributed by atoms with E-state index in [1.54, 1.807) is 12.5 Å². The van der Waals surface area contributed by atoms with Gasteiger partial charge in [-0.15, -0.1) is 0 Å². The van der Waals surface area contributed by atoms with E-state index in [-0.39, 0.29) is 18.0 Å². The van der Waals surface area contributed by atoms with Gasteiger partial charge in [0.05, 0.1) is 18.1 Å². The Hall–Kier alpha value is -1.52. The first-order chi connectivity index (χ1) is 10.1. The molecule has 114 valence electrons. The van der Waals surface area contributed by atoms with Crippen molar-refractivity contribution in [3.63, 3.8) is 0 Å². The molecule has 4 nitrogen and oxygen atoms in total. The molecule has 3 N–H and O–H groups in total. The third-order valence-corrected chi connectivity index (χ3v) is 4.69. The number of nitrogens with two attached hydrogens (primary N) is 1. The number of quaternary nitrogens is 1. The van der Waals surface area contributed by atoms with Gasteiger partial charge in [-0.05, 0) is 37.6 Å². The number of hydrogen-bond donors (Lipinski definition) is 2. The molecule has 3 heterocycles. The topological polar surface area (TPSA) is 63.1 Å². The second-order valence-electron chi connectivity index (χ2n) is 6.31. The molecule has 0 aliphatic carbocycles. The SMILES string of the molecule is CCC[C@@H]1[C@@H](c2ccco2)[NH2+][C@H](c2ccco2)C[C@@]1(C)O. The molecule has 0 radical (unpaired) electrons. The van der Waals surface area contributed by atoms with Crippen LogP contribution in [0.3, 0.4) is 0 Å². The van der Waals surface area contributed by atoms with E-state index in [2.05, 4.69) is 12.2 Å². The van der Waals surface area contributed by atoms with Crippen LogP contribution in [0.1, 0.15) is 56.7 Å². The van der Waals surface area contributed by atoms with Crippen molar-refractivity contribution in [2.45, 2.75) is 50.8 Å². The molecule has 1 saturated heterocycles. The molecule has 4 atom stereocenters. The number of hydrogen-bond acceptors (Lipinski definition) is 3. The van der Waals surface area contributed by atoms with E-state index >= 15 is 0 Å². The first kappa shape index (κ1) is 14.4. The first-order valence-corrected chi connectivity index (χ1v) is 7.76. The van der Waals surface area contributed by atoms with Crippen LogP contribution in [-0.4, -0.2) is 10.7 Å². The second kappa shape index (κ2) is 5.70. The minimum atomic E-state index is -0.723. The Balaban J connectivity index is 1.92. The van der Waals surface area contributed by atoms with Crippen molar-refractivity contribution in [2.24, 2.45) is 5.92 Å². The Kier molecular flexibility index (Phi) is 3.91. The van der Waals surface area contributed by atoms with Crippen LogP contribution in [0, 0.1) is 5.92 Å². The summed E-state index contributed by atoms with van der Waals surface area (Å²) < 4.78 is 11.2. The number of piperidine rings is 1. The van der Waals surface area contributed by atoms with Gasteiger partial charge in [-0.3, -0.25) is 0 Å². The fourth-order valence-electron chi connectivity index (χ4n) is 3.71. The van der Waals surface area contributed by atoms with Crippen LogP contribution in [0.5, 0.6) is 0 Å². The summed E-state index contributed by atoms with van der Waals surface area (Å²) in [5.41, 5.74) is -0.723. The summed E-state index contributed by atoms with van der Waals surface area (Å²) >= 11 is 0. The lowest BCUT2D eigenvalue weighted by atomic mass is 9.72. The van der Waals surface area contributed by atoms with Crippen LogP contribution in [0.25, 0.3) is 0 Å². The number of furan rings is 2. The predicted molar refractivity (Wildman–Crippen MR) is 78.5 cm³/mol. The average Bonchev–Trinajstić information content (AvgIpc) is 3.13. The van der Waals surface area contributed by atoms with Gasteiger partial charge < -0.3 is 19.3 Å². The van der Waals surface area contributed by atoms with E-state index in [9.17, 15) is 5.11 Å². The second-order valence-corrected chi connectivity index (χ2v) is 6.31. The van der Waals surface area contributed by atoms with Crippen LogP contribution in [0.4, 0.5) is 0 Å². The molecule has 1 aliphatic heterocycles. The molecular weight excluding hydrogens is 266 g/mol. The van der Waals surface area contributed by atoms with Gasteiger partial charge in [-0.1, -0.05) is 13.3 Å². The molecule has 1 aliphatic rings. The van der Waals surface area contributed by atoms with E-state index in [1.807, 2.05) is 31.2 Å². The Bertz CT molecular complexity index is 545. The van der Waals surface area contributed by atoms with Gasteiger partial charge in [0.25, 0.3) is 0 Å². The minimum absolute atomic E-state index is 0.123. The van der Waals surface area contributed by atoms with Gasteiger partial charge in [-0.2, -0.15) is 0 Å². The predicted octanol–water partition coefficient (Wildman–Crippen LogP) is 2.79. The largest absolute Gasteiger partial charge is 0.463 e. The van der Waals surface area contributed by atoms with E-state index < -0.39 is 5.60 Å². The van der Waals surface area contributed by atoms with Crippen molar-refractivity contribution < 1.29 is 19.3 Å². The summed E-state index contributed by atoms with van der Waals surface area (Å²) in [7, 11) is 0. The maximum atomic E-state index is 11.0. The summed E-state index contributed by atoms with van der Waals surface area (Å²) in [4.78, 5) is 0. The smallest absolute Gasteiger partial charge is 0.161 e. The molecule has 0 spiro atoms. The highest BCUT2D eigenvalue weighted by Crippen LogP contribution is 2.41.